The van der Waals surface area contributed by atoms with E-state index in [0.29, 0.717) is 22.0 Å². The molecule has 3 rings (SSSR count). The van der Waals surface area contributed by atoms with Crippen molar-refractivity contribution in [2.24, 2.45) is 0 Å². The second kappa shape index (κ2) is 4.77. The fraction of sp³-hybridized carbons (Fsp3) is 0. The minimum Gasteiger partial charge on any atom is -0.436 e. The highest BCUT2D eigenvalue weighted by Gasteiger charge is 2.10. The lowest BCUT2D eigenvalue weighted by molar-refractivity contribution is 0.563. The maximum atomic E-state index is 11.0. The van der Waals surface area contributed by atoms with E-state index < -0.39 is 11.1 Å². The van der Waals surface area contributed by atoms with Crippen LogP contribution in [0.2, 0.25) is 5.02 Å². The minimum atomic E-state index is -2.03. The Balaban J connectivity index is 2.14. The first-order valence-electron chi connectivity index (χ1n) is 5.41. The van der Waals surface area contributed by atoms with E-state index in [1.807, 2.05) is 6.07 Å². The zero-order valence-electron chi connectivity index (χ0n) is 9.54. The van der Waals surface area contributed by atoms with E-state index >= 15 is 0 Å². The monoisotopic (exact) mass is 293 g/mol. The third-order valence-corrected chi connectivity index (χ3v) is 3.53. The zero-order valence-corrected chi connectivity index (χ0v) is 11.1. The highest BCUT2D eigenvalue weighted by Crippen LogP contribution is 2.27. The largest absolute Gasteiger partial charge is 0.436 e. The van der Waals surface area contributed by atoms with Crippen molar-refractivity contribution >= 4 is 33.8 Å². The van der Waals surface area contributed by atoms with Gasteiger partial charge in [-0.1, -0.05) is 17.7 Å². The van der Waals surface area contributed by atoms with Crippen molar-refractivity contribution in [3.8, 4) is 11.5 Å². The second-order valence-electron chi connectivity index (χ2n) is 3.91. The molecular weight excluding hydrogens is 286 g/mol. The second-order valence-corrected chi connectivity index (χ2v) is 5.31. The van der Waals surface area contributed by atoms with Crippen molar-refractivity contribution in [3.63, 3.8) is 0 Å². The van der Waals surface area contributed by atoms with Gasteiger partial charge in [0.15, 0.2) is 16.7 Å². The summed E-state index contributed by atoms with van der Waals surface area (Å²) >= 11 is 3.88. The molecule has 0 amide bonds. The number of aromatic nitrogens is 1. The number of nitrogens with zero attached hydrogens (tertiary/aromatic N) is 1. The summed E-state index contributed by atoms with van der Waals surface area (Å²) in [6.07, 6.45) is 0. The highest BCUT2D eigenvalue weighted by molar-refractivity contribution is 7.79. The van der Waals surface area contributed by atoms with Crippen LogP contribution in [-0.2, 0) is 11.1 Å². The van der Waals surface area contributed by atoms with E-state index in [1.165, 1.54) is 6.07 Å². The summed E-state index contributed by atoms with van der Waals surface area (Å²) < 4.78 is 25.6. The van der Waals surface area contributed by atoms with Gasteiger partial charge in [-0.3, -0.25) is 0 Å². The molecule has 1 aromatic heterocycles. The Hall–Kier alpha value is -1.69. The summed E-state index contributed by atoms with van der Waals surface area (Å²) in [7, 11) is 0. The molecule has 0 spiro atoms. The molecule has 6 heteroatoms. The highest BCUT2D eigenvalue weighted by atomic mass is 35.5. The SMILES string of the molecule is O=S(O)c1ccc2nc(-c3cccc(Cl)c3)oc2c1. The van der Waals surface area contributed by atoms with Crippen LogP contribution in [0.25, 0.3) is 22.6 Å². The molecule has 1 unspecified atom stereocenters. The third kappa shape index (κ3) is 2.40. The van der Waals surface area contributed by atoms with Crippen molar-refractivity contribution in [1.29, 1.82) is 0 Å². The van der Waals surface area contributed by atoms with E-state index in [-0.39, 0.29) is 4.90 Å². The molecular formula is C13H8ClNO3S. The van der Waals surface area contributed by atoms with Crippen LogP contribution in [0.3, 0.4) is 0 Å². The van der Waals surface area contributed by atoms with Crippen molar-refractivity contribution in [2.75, 3.05) is 0 Å². The lowest BCUT2D eigenvalue weighted by atomic mass is 10.2. The number of rotatable bonds is 2. The normalized spacial score (nSPS) is 12.7. The molecule has 4 nitrogen and oxygen atoms in total. The molecule has 2 aromatic carbocycles. The first-order valence-corrected chi connectivity index (χ1v) is 6.89. The molecule has 1 N–H and O–H groups in total. The Kier molecular flexibility index (Phi) is 3.10. The number of hydrogen-bond donors (Lipinski definition) is 1. The average Bonchev–Trinajstić information content (AvgIpc) is 2.81. The smallest absolute Gasteiger partial charge is 0.227 e. The molecule has 0 saturated carbocycles. The van der Waals surface area contributed by atoms with Crippen LogP contribution in [0.1, 0.15) is 0 Å². The minimum absolute atomic E-state index is 0.279. The van der Waals surface area contributed by atoms with Crippen molar-refractivity contribution in [2.45, 2.75) is 4.90 Å². The molecule has 1 atom stereocenters. The topological polar surface area (TPSA) is 63.3 Å². The first kappa shape index (κ1) is 12.3. The molecule has 96 valence electrons. The predicted molar refractivity (Wildman–Crippen MR) is 73.5 cm³/mol. The van der Waals surface area contributed by atoms with Gasteiger partial charge in [-0.2, -0.15) is 0 Å². The van der Waals surface area contributed by atoms with Crippen LogP contribution in [-0.4, -0.2) is 13.7 Å². The molecule has 0 aliphatic heterocycles. The molecule has 0 aliphatic rings. The molecule has 0 saturated heterocycles. The summed E-state index contributed by atoms with van der Waals surface area (Å²) in [6.45, 7) is 0. The number of benzene rings is 2. The lowest BCUT2D eigenvalue weighted by Crippen LogP contribution is -1.86. The summed E-state index contributed by atoms with van der Waals surface area (Å²) in [5.74, 6) is 0.429. The van der Waals surface area contributed by atoms with Crippen LogP contribution in [0.5, 0.6) is 0 Å². The van der Waals surface area contributed by atoms with Crippen molar-refractivity contribution in [3.05, 3.63) is 47.5 Å². The first-order chi connectivity index (χ1) is 9.13. The Bertz CT molecular complexity index is 784. The zero-order chi connectivity index (χ0) is 13.4. The quantitative estimate of drug-likeness (QED) is 0.731. The van der Waals surface area contributed by atoms with E-state index in [2.05, 4.69) is 4.98 Å². The summed E-state index contributed by atoms with van der Waals surface area (Å²) in [6, 6.07) is 11.9. The van der Waals surface area contributed by atoms with Gasteiger partial charge < -0.3 is 8.97 Å². The standard InChI is InChI=1S/C13H8ClNO3S/c14-9-3-1-2-8(6-9)13-15-11-5-4-10(19(16)17)7-12(11)18-13/h1-7H,(H,16,17). The summed E-state index contributed by atoms with van der Waals surface area (Å²) in [5, 5.41) is 0.594. The number of fused-ring (bicyclic) bond motifs is 1. The Labute approximate surface area is 116 Å². The van der Waals surface area contributed by atoms with E-state index in [9.17, 15) is 4.21 Å². The van der Waals surface area contributed by atoms with Gasteiger partial charge in [0, 0.05) is 16.7 Å². The molecule has 1 heterocycles. The van der Waals surface area contributed by atoms with Crippen LogP contribution >= 0.6 is 11.6 Å². The molecule has 0 radical (unpaired) electrons. The van der Waals surface area contributed by atoms with Crippen LogP contribution in [0, 0.1) is 0 Å². The van der Waals surface area contributed by atoms with Gasteiger partial charge >= 0.3 is 0 Å². The molecule has 19 heavy (non-hydrogen) atoms. The summed E-state index contributed by atoms with van der Waals surface area (Å²) in [5.41, 5.74) is 1.86. The van der Waals surface area contributed by atoms with Gasteiger partial charge in [-0.25, -0.2) is 9.19 Å². The van der Waals surface area contributed by atoms with E-state index in [0.717, 1.165) is 5.56 Å². The van der Waals surface area contributed by atoms with Gasteiger partial charge in [0.05, 0.1) is 4.90 Å². The Morgan fingerprint density at radius 3 is 2.79 bits per heavy atom. The fourth-order valence-corrected chi connectivity index (χ4v) is 2.34. The molecule has 3 aromatic rings. The van der Waals surface area contributed by atoms with Gasteiger partial charge in [0.2, 0.25) is 5.89 Å². The van der Waals surface area contributed by atoms with Crippen LogP contribution in [0.15, 0.2) is 51.8 Å². The third-order valence-electron chi connectivity index (χ3n) is 2.63. The molecule has 0 fully saturated rings. The summed E-state index contributed by atoms with van der Waals surface area (Å²) in [4.78, 5) is 4.60. The maximum Gasteiger partial charge on any atom is 0.227 e. The maximum absolute atomic E-state index is 11.0. The van der Waals surface area contributed by atoms with Gasteiger partial charge in [0.25, 0.3) is 0 Å². The van der Waals surface area contributed by atoms with Crippen LogP contribution < -0.4 is 0 Å². The van der Waals surface area contributed by atoms with Crippen molar-refractivity contribution in [1.82, 2.24) is 4.98 Å². The van der Waals surface area contributed by atoms with Gasteiger partial charge in [0.1, 0.15) is 5.52 Å². The lowest BCUT2D eigenvalue weighted by Gasteiger charge is -1.94. The fourth-order valence-electron chi connectivity index (χ4n) is 1.76. The molecule has 0 bridgehead atoms. The Morgan fingerprint density at radius 1 is 1.21 bits per heavy atom. The average molecular weight is 294 g/mol. The Morgan fingerprint density at radius 2 is 2.05 bits per heavy atom. The van der Waals surface area contributed by atoms with Crippen molar-refractivity contribution < 1.29 is 13.2 Å². The number of hydrogen-bond acceptors (Lipinski definition) is 3. The van der Waals surface area contributed by atoms with E-state index in [1.54, 1.807) is 30.3 Å². The molecule has 0 aliphatic carbocycles. The van der Waals surface area contributed by atoms with Crippen LogP contribution in [0.4, 0.5) is 0 Å². The predicted octanol–water partition coefficient (Wildman–Crippen LogP) is 3.73. The van der Waals surface area contributed by atoms with Gasteiger partial charge in [-0.15, -0.1) is 0 Å². The van der Waals surface area contributed by atoms with E-state index in [4.69, 9.17) is 20.6 Å². The van der Waals surface area contributed by atoms with Gasteiger partial charge in [-0.05, 0) is 30.3 Å². The number of halogens is 1. The number of oxazole rings is 1.